The van der Waals surface area contributed by atoms with Gasteiger partial charge in [-0.3, -0.25) is 0 Å². The lowest BCUT2D eigenvalue weighted by Gasteiger charge is -2.23. The summed E-state index contributed by atoms with van der Waals surface area (Å²) in [6.07, 6.45) is 1.13. The molecule has 0 radical (unpaired) electrons. The van der Waals surface area contributed by atoms with Gasteiger partial charge in [-0.1, -0.05) is 6.07 Å². The molecule has 0 saturated carbocycles. The summed E-state index contributed by atoms with van der Waals surface area (Å²) in [4.78, 5) is 0. The highest BCUT2D eigenvalue weighted by atomic mass is 32.2. The third-order valence-electron chi connectivity index (χ3n) is 3.86. The fourth-order valence-electron chi connectivity index (χ4n) is 2.56. The molecule has 1 fully saturated rings. The highest BCUT2D eigenvalue weighted by Crippen LogP contribution is 2.27. The third kappa shape index (κ3) is 3.96. The first-order valence-corrected chi connectivity index (χ1v) is 8.87. The lowest BCUT2D eigenvalue weighted by molar-refractivity contribution is 0.0983. The van der Waals surface area contributed by atoms with Crippen molar-refractivity contribution in [2.24, 2.45) is 5.73 Å². The smallest absolute Gasteiger partial charge is 0.157 e. The molecule has 1 aliphatic rings. The first kappa shape index (κ1) is 16.3. The van der Waals surface area contributed by atoms with Crippen molar-refractivity contribution in [1.29, 1.82) is 0 Å². The van der Waals surface area contributed by atoms with Gasteiger partial charge in [-0.2, -0.15) is 0 Å². The van der Waals surface area contributed by atoms with E-state index >= 15 is 0 Å². The average Bonchev–Trinajstić information content (AvgIpc) is 2.47. The molecule has 118 valence electrons. The summed E-state index contributed by atoms with van der Waals surface area (Å²) in [6, 6.07) is 5.35. The zero-order valence-electron chi connectivity index (χ0n) is 12.5. The van der Waals surface area contributed by atoms with Gasteiger partial charge >= 0.3 is 0 Å². The van der Waals surface area contributed by atoms with Crippen LogP contribution in [-0.2, 0) is 20.3 Å². The lowest BCUT2D eigenvalue weighted by atomic mass is 10.1. The van der Waals surface area contributed by atoms with Gasteiger partial charge in [0.1, 0.15) is 5.75 Å². The summed E-state index contributed by atoms with van der Waals surface area (Å²) in [5.41, 5.74) is 7.46. The zero-order chi connectivity index (χ0) is 15.5. The predicted molar refractivity (Wildman–Crippen MR) is 82.1 cm³/mol. The van der Waals surface area contributed by atoms with E-state index < -0.39 is 9.84 Å². The molecular formula is C15H23NO4S. The topological polar surface area (TPSA) is 78.6 Å². The van der Waals surface area contributed by atoms with Crippen LogP contribution in [0.1, 0.15) is 36.9 Å². The Morgan fingerprint density at radius 2 is 2.05 bits per heavy atom. The van der Waals surface area contributed by atoms with Crippen molar-refractivity contribution in [3.8, 4) is 5.75 Å². The zero-order valence-corrected chi connectivity index (χ0v) is 13.4. The molecule has 1 atom stereocenters. The standard InChI is InChI=1S/C15H23NO4S/c1-11(16)12-3-4-15(19-2)13(9-12)10-21(17,18)14-5-7-20-8-6-14/h3-4,9,11,14H,5-8,10,16H2,1-2H3. The van der Waals surface area contributed by atoms with Crippen LogP contribution in [0.15, 0.2) is 18.2 Å². The van der Waals surface area contributed by atoms with Gasteiger partial charge in [-0.05, 0) is 37.5 Å². The number of sulfone groups is 1. The quantitative estimate of drug-likeness (QED) is 0.897. The highest BCUT2D eigenvalue weighted by molar-refractivity contribution is 7.91. The summed E-state index contributed by atoms with van der Waals surface area (Å²) < 4.78 is 35.6. The van der Waals surface area contributed by atoms with Crippen LogP contribution in [0.3, 0.4) is 0 Å². The first-order chi connectivity index (χ1) is 9.94. The van der Waals surface area contributed by atoms with Crippen LogP contribution in [0, 0.1) is 0 Å². The molecule has 0 aromatic heterocycles. The maximum Gasteiger partial charge on any atom is 0.157 e. The molecule has 2 rings (SSSR count). The molecule has 1 aliphatic heterocycles. The fourth-order valence-corrected chi connectivity index (χ4v) is 4.37. The highest BCUT2D eigenvalue weighted by Gasteiger charge is 2.28. The van der Waals surface area contributed by atoms with Gasteiger partial charge in [-0.25, -0.2) is 8.42 Å². The van der Waals surface area contributed by atoms with Gasteiger partial charge in [0, 0.05) is 24.8 Å². The summed E-state index contributed by atoms with van der Waals surface area (Å²) >= 11 is 0. The number of ether oxygens (including phenoxy) is 2. The van der Waals surface area contributed by atoms with E-state index in [0.717, 1.165) is 5.56 Å². The normalized spacial score (nSPS) is 18.4. The van der Waals surface area contributed by atoms with Crippen molar-refractivity contribution in [1.82, 2.24) is 0 Å². The van der Waals surface area contributed by atoms with E-state index in [9.17, 15) is 8.42 Å². The van der Waals surface area contributed by atoms with Gasteiger partial charge in [0.2, 0.25) is 0 Å². The van der Waals surface area contributed by atoms with Crippen LogP contribution in [0.25, 0.3) is 0 Å². The van der Waals surface area contributed by atoms with Crippen LogP contribution in [0.4, 0.5) is 0 Å². The monoisotopic (exact) mass is 313 g/mol. The van der Waals surface area contributed by atoms with E-state index in [4.69, 9.17) is 15.2 Å². The minimum absolute atomic E-state index is 0.0125. The summed E-state index contributed by atoms with van der Waals surface area (Å²) in [5, 5.41) is -0.324. The Kier molecular flexibility index (Phi) is 5.24. The summed E-state index contributed by atoms with van der Waals surface area (Å²) in [7, 11) is -1.67. The Hall–Kier alpha value is -1.11. The van der Waals surface area contributed by atoms with Gasteiger partial charge in [-0.15, -0.1) is 0 Å². The Morgan fingerprint density at radius 3 is 2.62 bits per heavy atom. The summed E-state index contributed by atoms with van der Waals surface area (Å²) in [5.74, 6) is 0.580. The molecule has 1 aromatic rings. The number of hydrogen-bond acceptors (Lipinski definition) is 5. The summed E-state index contributed by atoms with van der Waals surface area (Å²) in [6.45, 7) is 2.90. The van der Waals surface area contributed by atoms with Crippen molar-refractivity contribution >= 4 is 9.84 Å². The van der Waals surface area contributed by atoms with Crippen molar-refractivity contribution in [2.45, 2.75) is 36.8 Å². The van der Waals surface area contributed by atoms with Gasteiger partial charge < -0.3 is 15.2 Å². The SMILES string of the molecule is COc1ccc(C(C)N)cc1CS(=O)(=O)C1CCOCC1. The van der Waals surface area contributed by atoms with Crippen LogP contribution >= 0.6 is 0 Å². The van der Waals surface area contributed by atoms with E-state index in [2.05, 4.69) is 0 Å². The minimum Gasteiger partial charge on any atom is -0.496 e. The van der Waals surface area contributed by atoms with Crippen LogP contribution < -0.4 is 10.5 Å². The van der Waals surface area contributed by atoms with E-state index in [1.165, 1.54) is 0 Å². The van der Waals surface area contributed by atoms with E-state index in [1.54, 1.807) is 13.2 Å². The lowest BCUT2D eigenvalue weighted by Crippen LogP contribution is -2.30. The second-order valence-corrected chi connectivity index (χ2v) is 7.76. The Balaban J connectivity index is 2.26. The number of methoxy groups -OCH3 is 1. The Bertz CT molecular complexity index is 577. The number of nitrogens with two attached hydrogens (primary N) is 1. The second-order valence-electron chi connectivity index (χ2n) is 5.48. The van der Waals surface area contributed by atoms with Crippen LogP contribution in [0.2, 0.25) is 0 Å². The molecule has 2 N–H and O–H groups in total. The van der Waals surface area contributed by atoms with Crippen molar-refractivity contribution < 1.29 is 17.9 Å². The van der Waals surface area contributed by atoms with Crippen molar-refractivity contribution in [2.75, 3.05) is 20.3 Å². The fraction of sp³-hybridized carbons (Fsp3) is 0.600. The Labute approximate surface area is 126 Å². The molecule has 1 aromatic carbocycles. The predicted octanol–water partition coefficient (Wildman–Crippen LogP) is 1.81. The van der Waals surface area contributed by atoms with Gasteiger partial charge in [0.05, 0.1) is 18.1 Å². The Morgan fingerprint density at radius 1 is 1.38 bits per heavy atom. The molecule has 1 saturated heterocycles. The third-order valence-corrected chi connectivity index (χ3v) is 6.06. The number of rotatable bonds is 5. The molecule has 5 nitrogen and oxygen atoms in total. The number of hydrogen-bond donors (Lipinski definition) is 1. The van der Waals surface area contributed by atoms with E-state index in [0.29, 0.717) is 37.4 Å². The van der Waals surface area contributed by atoms with Gasteiger partial charge in [0.25, 0.3) is 0 Å². The van der Waals surface area contributed by atoms with Crippen molar-refractivity contribution in [3.63, 3.8) is 0 Å². The van der Waals surface area contributed by atoms with E-state index in [-0.39, 0.29) is 17.0 Å². The molecular weight excluding hydrogens is 290 g/mol. The van der Waals surface area contributed by atoms with E-state index in [1.807, 2.05) is 19.1 Å². The second kappa shape index (κ2) is 6.77. The minimum atomic E-state index is -3.21. The largest absolute Gasteiger partial charge is 0.496 e. The molecule has 6 heteroatoms. The molecule has 0 amide bonds. The molecule has 1 unspecified atom stereocenters. The average molecular weight is 313 g/mol. The molecule has 21 heavy (non-hydrogen) atoms. The maximum atomic E-state index is 12.6. The maximum absolute atomic E-state index is 12.6. The molecule has 0 bridgehead atoms. The molecule has 0 spiro atoms. The first-order valence-electron chi connectivity index (χ1n) is 7.15. The van der Waals surface area contributed by atoms with Gasteiger partial charge in [0.15, 0.2) is 9.84 Å². The molecule has 0 aliphatic carbocycles. The molecule has 1 heterocycles. The van der Waals surface area contributed by atoms with Crippen LogP contribution in [-0.4, -0.2) is 34.0 Å². The number of benzene rings is 1. The van der Waals surface area contributed by atoms with Crippen LogP contribution in [0.5, 0.6) is 5.75 Å². The van der Waals surface area contributed by atoms with Crippen molar-refractivity contribution in [3.05, 3.63) is 29.3 Å².